The Hall–Kier alpha value is -1.92. The highest BCUT2D eigenvalue weighted by atomic mass is 16.5. The zero-order valence-electron chi connectivity index (χ0n) is 14.7. The molecule has 1 saturated heterocycles. The molecule has 0 radical (unpaired) electrons. The molecule has 1 unspecified atom stereocenters. The Morgan fingerprint density at radius 3 is 2.64 bits per heavy atom. The van der Waals surface area contributed by atoms with Gasteiger partial charge in [-0.2, -0.15) is 4.98 Å². The SMILES string of the molecule is O=C(O)CCC1CCCCN1C(=O)CCc1nc(C2CCCC2)no1. The number of hydrogen-bond donors (Lipinski definition) is 1. The summed E-state index contributed by atoms with van der Waals surface area (Å²) < 4.78 is 5.31. The van der Waals surface area contributed by atoms with Gasteiger partial charge in [0.25, 0.3) is 0 Å². The smallest absolute Gasteiger partial charge is 0.303 e. The average Bonchev–Trinajstić information content (AvgIpc) is 3.29. The second kappa shape index (κ2) is 8.45. The molecule has 1 atom stereocenters. The van der Waals surface area contributed by atoms with Crippen LogP contribution in [0.1, 0.15) is 81.8 Å². The van der Waals surface area contributed by atoms with Gasteiger partial charge in [0, 0.05) is 37.8 Å². The standard InChI is InChI=1S/C18H27N3O4/c22-16(21-12-4-3-7-14(21)8-11-17(23)24)10-9-15-19-18(20-25-15)13-5-1-2-6-13/h13-14H,1-12H2,(H,23,24). The minimum atomic E-state index is -0.803. The molecule has 2 heterocycles. The van der Waals surface area contributed by atoms with Gasteiger partial charge in [-0.3, -0.25) is 9.59 Å². The molecular formula is C18H27N3O4. The van der Waals surface area contributed by atoms with Crippen molar-refractivity contribution in [1.82, 2.24) is 15.0 Å². The van der Waals surface area contributed by atoms with Crippen molar-refractivity contribution in [2.24, 2.45) is 0 Å². The van der Waals surface area contributed by atoms with Crippen molar-refractivity contribution in [3.63, 3.8) is 0 Å². The number of hydrogen-bond acceptors (Lipinski definition) is 5. The summed E-state index contributed by atoms with van der Waals surface area (Å²) in [5.74, 6) is 1.00. The fraction of sp³-hybridized carbons (Fsp3) is 0.778. The summed E-state index contributed by atoms with van der Waals surface area (Å²) in [5.41, 5.74) is 0. The molecule has 7 nitrogen and oxygen atoms in total. The molecule has 25 heavy (non-hydrogen) atoms. The molecule has 2 aliphatic rings. The van der Waals surface area contributed by atoms with Gasteiger partial charge in [-0.1, -0.05) is 18.0 Å². The summed E-state index contributed by atoms with van der Waals surface area (Å²) in [6, 6.07) is 0.0501. The third kappa shape index (κ3) is 4.80. The second-order valence-electron chi connectivity index (χ2n) is 7.20. The molecule has 1 saturated carbocycles. The van der Waals surface area contributed by atoms with Gasteiger partial charge in [-0.05, 0) is 38.5 Å². The van der Waals surface area contributed by atoms with Gasteiger partial charge in [0.1, 0.15) is 0 Å². The lowest BCUT2D eigenvalue weighted by atomic mass is 9.97. The first kappa shape index (κ1) is 17.9. The van der Waals surface area contributed by atoms with Crippen LogP contribution in [0.5, 0.6) is 0 Å². The third-order valence-corrected chi connectivity index (χ3v) is 5.40. The van der Waals surface area contributed by atoms with Crippen LogP contribution in [0, 0.1) is 0 Å². The summed E-state index contributed by atoms with van der Waals surface area (Å²) in [7, 11) is 0. The van der Waals surface area contributed by atoms with Crippen molar-refractivity contribution in [2.75, 3.05) is 6.54 Å². The van der Waals surface area contributed by atoms with Crippen LogP contribution in [0.3, 0.4) is 0 Å². The molecule has 0 aromatic carbocycles. The van der Waals surface area contributed by atoms with Crippen molar-refractivity contribution in [3.8, 4) is 0 Å². The zero-order chi connectivity index (χ0) is 17.6. The minimum Gasteiger partial charge on any atom is -0.481 e. The molecule has 1 aromatic rings. The lowest BCUT2D eigenvalue weighted by Gasteiger charge is -2.35. The van der Waals surface area contributed by atoms with Gasteiger partial charge >= 0.3 is 5.97 Å². The summed E-state index contributed by atoms with van der Waals surface area (Å²) in [6.45, 7) is 0.722. The Morgan fingerprint density at radius 1 is 1.12 bits per heavy atom. The van der Waals surface area contributed by atoms with E-state index in [4.69, 9.17) is 9.63 Å². The molecule has 2 fully saturated rings. The van der Waals surface area contributed by atoms with Crippen LogP contribution < -0.4 is 0 Å². The van der Waals surface area contributed by atoms with Crippen molar-refractivity contribution < 1.29 is 19.2 Å². The van der Waals surface area contributed by atoms with E-state index < -0.39 is 5.97 Å². The van der Waals surface area contributed by atoms with Crippen molar-refractivity contribution in [1.29, 1.82) is 0 Å². The number of aryl methyl sites for hydroxylation is 1. The summed E-state index contributed by atoms with van der Waals surface area (Å²) in [5, 5.41) is 13.0. The molecule has 1 aliphatic carbocycles. The number of carboxylic acid groups (broad SMARTS) is 1. The van der Waals surface area contributed by atoms with E-state index in [1.165, 1.54) is 12.8 Å². The third-order valence-electron chi connectivity index (χ3n) is 5.40. The molecular weight excluding hydrogens is 322 g/mol. The average molecular weight is 349 g/mol. The molecule has 1 aromatic heterocycles. The van der Waals surface area contributed by atoms with Crippen LogP contribution in [0.25, 0.3) is 0 Å². The maximum Gasteiger partial charge on any atom is 0.303 e. The van der Waals surface area contributed by atoms with Gasteiger partial charge in [0.2, 0.25) is 11.8 Å². The molecule has 7 heteroatoms. The number of carbonyl (C=O) groups excluding carboxylic acids is 1. The van der Waals surface area contributed by atoms with Crippen LogP contribution in [0.2, 0.25) is 0 Å². The molecule has 0 spiro atoms. The highest BCUT2D eigenvalue weighted by Crippen LogP contribution is 2.32. The number of rotatable bonds is 7. The van der Waals surface area contributed by atoms with Gasteiger partial charge in [0.05, 0.1) is 0 Å². The Balaban J connectivity index is 1.51. The molecule has 1 amide bonds. The van der Waals surface area contributed by atoms with Gasteiger partial charge < -0.3 is 14.5 Å². The Labute approximate surface area is 147 Å². The molecule has 3 rings (SSSR count). The fourth-order valence-electron chi connectivity index (χ4n) is 4.00. The predicted molar refractivity (Wildman–Crippen MR) is 90.0 cm³/mol. The minimum absolute atomic E-state index is 0.0501. The maximum absolute atomic E-state index is 12.6. The monoisotopic (exact) mass is 349 g/mol. The summed E-state index contributed by atoms with van der Waals surface area (Å²) in [6.07, 6.45) is 9.08. The quantitative estimate of drug-likeness (QED) is 0.813. The number of nitrogens with zero attached hydrogens (tertiary/aromatic N) is 3. The van der Waals surface area contributed by atoms with Crippen molar-refractivity contribution >= 4 is 11.9 Å². The molecule has 1 aliphatic heterocycles. The first-order valence-corrected chi connectivity index (χ1v) is 9.47. The number of likely N-dealkylation sites (tertiary alicyclic amines) is 1. The maximum atomic E-state index is 12.6. The predicted octanol–water partition coefficient (Wildman–Crippen LogP) is 2.91. The van der Waals surface area contributed by atoms with E-state index in [0.29, 0.717) is 31.1 Å². The van der Waals surface area contributed by atoms with E-state index in [0.717, 1.165) is 44.5 Å². The topological polar surface area (TPSA) is 96.5 Å². The van der Waals surface area contributed by atoms with Crippen molar-refractivity contribution in [2.45, 2.75) is 82.6 Å². The van der Waals surface area contributed by atoms with E-state index >= 15 is 0 Å². The van der Waals surface area contributed by atoms with Crippen LogP contribution in [-0.2, 0) is 16.0 Å². The van der Waals surface area contributed by atoms with Crippen LogP contribution >= 0.6 is 0 Å². The lowest BCUT2D eigenvalue weighted by molar-refractivity contribution is -0.140. The second-order valence-corrected chi connectivity index (χ2v) is 7.20. The van der Waals surface area contributed by atoms with E-state index in [2.05, 4.69) is 10.1 Å². The number of aromatic nitrogens is 2. The lowest BCUT2D eigenvalue weighted by Crippen LogP contribution is -2.44. The molecule has 138 valence electrons. The number of aliphatic carboxylic acids is 1. The number of piperidine rings is 1. The van der Waals surface area contributed by atoms with Gasteiger partial charge in [-0.15, -0.1) is 0 Å². The Kier molecular flexibility index (Phi) is 6.04. The van der Waals surface area contributed by atoms with E-state index in [1.54, 1.807) is 0 Å². The van der Waals surface area contributed by atoms with Gasteiger partial charge in [0.15, 0.2) is 5.82 Å². The summed E-state index contributed by atoms with van der Waals surface area (Å²) in [4.78, 5) is 29.7. The molecule has 0 bridgehead atoms. The van der Waals surface area contributed by atoms with E-state index in [1.807, 2.05) is 4.90 Å². The highest BCUT2D eigenvalue weighted by Gasteiger charge is 2.27. The Morgan fingerprint density at radius 2 is 1.88 bits per heavy atom. The first-order chi connectivity index (χ1) is 12.1. The first-order valence-electron chi connectivity index (χ1n) is 9.47. The van der Waals surface area contributed by atoms with Crippen LogP contribution in [0.15, 0.2) is 4.52 Å². The van der Waals surface area contributed by atoms with E-state index in [-0.39, 0.29) is 18.4 Å². The van der Waals surface area contributed by atoms with E-state index in [9.17, 15) is 9.59 Å². The zero-order valence-corrected chi connectivity index (χ0v) is 14.7. The Bertz CT molecular complexity index is 595. The van der Waals surface area contributed by atoms with Crippen molar-refractivity contribution in [3.05, 3.63) is 11.7 Å². The van der Waals surface area contributed by atoms with Gasteiger partial charge in [-0.25, -0.2) is 0 Å². The highest BCUT2D eigenvalue weighted by molar-refractivity contribution is 5.77. The van der Waals surface area contributed by atoms with Crippen LogP contribution in [0.4, 0.5) is 0 Å². The fourth-order valence-corrected chi connectivity index (χ4v) is 4.00. The molecule has 1 N–H and O–H groups in total. The van der Waals surface area contributed by atoms with Crippen LogP contribution in [-0.4, -0.2) is 44.6 Å². The number of amides is 1. The number of carboxylic acids is 1. The largest absolute Gasteiger partial charge is 0.481 e. The number of carbonyl (C=O) groups is 2. The normalized spacial score (nSPS) is 21.6. The summed E-state index contributed by atoms with van der Waals surface area (Å²) >= 11 is 0.